The van der Waals surface area contributed by atoms with E-state index in [0.717, 1.165) is 18.9 Å². The molecule has 0 spiro atoms. The summed E-state index contributed by atoms with van der Waals surface area (Å²) in [5.74, 6) is 0.632. The fourth-order valence-corrected chi connectivity index (χ4v) is 4.25. The zero-order valence-electron chi connectivity index (χ0n) is 21.8. The fraction of sp³-hybridized carbons (Fsp3) is 0.714. The Morgan fingerprint density at radius 3 is 2.36 bits per heavy atom. The molecule has 1 heterocycles. The van der Waals surface area contributed by atoms with E-state index in [1.165, 1.54) is 51.5 Å². The Morgan fingerprint density at radius 2 is 1.85 bits per heavy atom. The van der Waals surface area contributed by atoms with Crippen molar-refractivity contribution < 1.29 is 18.7 Å². The molecular formula is C28H46FNO3. The second-order valence-electron chi connectivity index (χ2n) is 9.94. The van der Waals surface area contributed by atoms with Crippen LogP contribution in [0.5, 0.6) is 0 Å². The molecule has 1 N–H and O–H groups in total. The van der Waals surface area contributed by atoms with Crippen LogP contribution in [0.25, 0.3) is 0 Å². The van der Waals surface area contributed by atoms with Crippen LogP contribution >= 0.6 is 0 Å². The average molecular weight is 464 g/mol. The summed E-state index contributed by atoms with van der Waals surface area (Å²) in [4.78, 5) is 23.1. The molecule has 0 aliphatic carbocycles. The van der Waals surface area contributed by atoms with Crippen LogP contribution in [0.15, 0.2) is 18.2 Å². The van der Waals surface area contributed by atoms with Gasteiger partial charge in [0.1, 0.15) is 11.6 Å². The van der Waals surface area contributed by atoms with Crippen molar-refractivity contribution in [3.05, 3.63) is 29.6 Å². The van der Waals surface area contributed by atoms with E-state index in [2.05, 4.69) is 26.1 Å². The maximum atomic E-state index is 13.5. The normalized spacial score (nSPS) is 18.5. The first-order valence-electron chi connectivity index (χ1n) is 12.8. The van der Waals surface area contributed by atoms with Crippen molar-refractivity contribution in [3.8, 4) is 0 Å². The number of rotatable bonds is 13. The van der Waals surface area contributed by atoms with Crippen LogP contribution < -0.4 is 5.32 Å². The Hall–Kier alpha value is -1.75. The van der Waals surface area contributed by atoms with Crippen LogP contribution in [0.4, 0.5) is 10.1 Å². The topological polar surface area (TPSA) is 55.4 Å². The molecule has 2 unspecified atom stereocenters. The summed E-state index contributed by atoms with van der Waals surface area (Å²) in [5.41, 5.74) is 1.42. The lowest BCUT2D eigenvalue weighted by molar-refractivity contribution is -0.120. The van der Waals surface area contributed by atoms with E-state index in [0.29, 0.717) is 30.5 Å². The fourth-order valence-electron chi connectivity index (χ4n) is 4.25. The molecule has 33 heavy (non-hydrogen) atoms. The van der Waals surface area contributed by atoms with Gasteiger partial charge < -0.3 is 14.8 Å². The number of ketones is 2. The standard InChI is InChI=1S/C16H22FNO2.C12H24O/c1-4-5-16(20)15(9-7-12(3)19)18-13-8-6-11(2)14(17)10-13;1-4-7-12(8-5-10-13-12)9-6-11(2)3/h6,8,10,15,18H,4-5,7,9H2,1-3H3;11H,4-10H2,1-3H3. The molecule has 0 bridgehead atoms. The second-order valence-corrected chi connectivity index (χ2v) is 9.94. The first kappa shape index (κ1) is 29.3. The number of benzene rings is 1. The molecule has 1 aromatic carbocycles. The molecular weight excluding hydrogens is 417 g/mol. The van der Waals surface area contributed by atoms with E-state index in [-0.39, 0.29) is 23.0 Å². The summed E-state index contributed by atoms with van der Waals surface area (Å²) in [7, 11) is 0. The van der Waals surface area contributed by atoms with Gasteiger partial charge in [-0.1, -0.05) is 40.2 Å². The van der Waals surface area contributed by atoms with Gasteiger partial charge in [-0.2, -0.15) is 0 Å². The Kier molecular flexibility index (Phi) is 13.5. The van der Waals surface area contributed by atoms with Gasteiger partial charge >= 0.3 is 0 Å². The number of anilines is 1. The number of Topliss-reactive ketones (excluding diaryl/α,β-unsaturated/α-hetero) is 2. The number of hydrogen-bond donors (Lipinski definition) is 1. The van der Waals surface area contributed by atoms with E-state index < -0.39 is 6.04 Å². The van der Waals surface area contributed by atoms with Crippen molar-refractivity contribution in [2.45, 2.75) is 117 Å². The molecule has 0 amide bonds. The summed E-state index contributed by atoms with van der Waals surface area (Å²) in [6.45, 7) is 13.0. The number of hydrogen-bond acceptors (Lipinski definition) is 4. The largest absolute Gasteiger partial charge is 0.375 e. The summed E-state index contributed by atoms with van der Waals surface area (Å²) < 4.78 is 19.4. The molecule has 0 radical (unpaired) electrons. The van der Waals surface area contributed by atoms with E-state index in [4.69, 9.17) is 4.74 Å². The lowest BCUT2D eigenvalue weighted by Gasteiger charge is -2.28. The highest BCUT2D eigenvalue weighted by atomic mass is 19.1. The first-order chi connectivity index (χ1) is 15.6. The Balaban J connectivity index is 0.000000361. The minimum absolute atomic E-state index is 0.0520. The minimum atomic E-state index is -0.430. The maximum Gasteiger partial charge on any atom is 0.155 e. The Bertz CT molecular complexity index is 726. The number of aryl methyl sites for hydroxylation is 1. The smallest absolute Gasteiger partial charge is 0.155 e. The van der Waals surface area contributed by atoms with Gasteiger partial charge in [-0.05, 0) is 82.4 Å². The van der Waals surface area contributed by atoms with Gasteiger partial charge in [0.25, 0.3) is 0 Å². The lowest BCUT2D eigenvalue weighted by atomic mass is 9.87. The minimum Gasteiger partial charge on any atom is -0.375 e. The van der Waals surface area contributed by atoms with Crippen molar-refractivity contribution in [1.29, 1.82) is 0 Å². The van der Waals surface area contributed by atoms with E-state index in [9.17, 15) is 14.0 Å². The van der Waals surface area contributed by atoms with Crippen LogP contribution in [-0.4, -0.2) is 29.8 Å². The molecule has 4 nitrogen and oxygen atoms in total. The summed E-state index contributed by atoms with van der Waals surface area (Å²) in [5, 5.41) is 3.05. The Morgan fingerprint density at radius 1 is 1.12 bits per heavy atom. The second kappa shape index (κ2) is 15.2. The molecule has 2 rings (SSSR count). The molecule has 2 atom stereocenters. The highest BCUT2D eigenvalue weighted by molar-refractivity contribution is 5.87. The van der Waals surface area contributed by atoms with Crippen LogP contribution in [0.2, 0.25) is 0 Å². The predicted molar refractivity (Wildman–Crippen MR) is 135 cm³/mol. The molecule has 1 fully saturated rings. The highest BCUT2D eigenvalue weighted by Gasteiger charge is 2.33. The number of ether oxygens (including phenoxy) is 1. The lowest BCUT2D eigenvalue weighted by Crippen LogP contribution is -2.30. The van der Waals surface area contributed by atoms with E-state index in [1.54, 1.807) is 19.1 Å². The molecule has 188 valence electrons. The molecule has 0 aromatic heterocycles. The number of halogens is 1. The maximum absolute atomic E-state index is 13.5. The van der Waals surface area contributed by atoms with Crippen molar-refractivity contribution in [2.24, 2.45) is 5.92 Å². The molecule has 5 heteroatoms. The van der Waals surface area contributed by atoms with Gasteiger partial charge in [0.15, 0.2) is 5.78 Å². The van der Waals surface area contributed by atoms with Crippen LogP contribution in [-0.2, 0) is 14.3 Å². The van der Waals surface area contributed by atoms with Gasteiger partial charge in [-0.3, -0.25) is 4.79 Å². The SMILES string of the molecule is CCCC(=O)C(CCC(C)=O)Nc1ccc(C)c(F)c1.CCCC1(CCC(C)C)CCCO1. The molecule has 1 aromatic rings. The summed E-state index contributed by atoms with van der Waals surface area (Å²) in [6.07, 6.45) is 9.72. The zero-order valence-corrected chi connectivity index (χ0v) is 21.8. The third-order valence-corrected chi connectivity index (χ3v) is 6.25. The quantitative estimate of drug-likeness (QED) is 0.330. The predicted octanol–water partition coefficient (Wildman–Crippen LogP) is 7.42. The van der Waals surface area contributed by atoms with Gasteiger partial charge in [0.2, 0.25) is 0 Å². The number of carbonyl (C=O) groups excluding carboxylic acids is 2. The van der Waals surface area contributed by atoms with Crippen molar-refractivity contribution >= 4 is 17.3 Å². The van der Waals surface area contributed by atoms with Gasteiger partial charge in [-0.15, -0.1) is 0 Å². The molecule has 1 aliphatic rings. The van der Waals surface area contributed by atoms with Crippen molar-refractivity contribution in [3.63, 3.8) is 0 Å². The summed E-state index contributed by atoms with van der Waals surface area (Å²) >= 11 is 0. The number of carbonyl (C=O) groups is 2. The molecule has 1 saturated heterocycles. The van der Waals surface area contributed by atoms with Gasteiger partial charge in [-0.25, -0.2) is 4.39 Å². The first-order valence-corrected chi connectivity index (χ1v) is 12.8. The van der Waals surface area contributed by atoms with E-state index in [1.807, 2.05) is 6.92 Å². The third-order valence-electron chi connectivity index (χ3n) is 6.25. The third kappa shape index (κ3) is 11.3. The van der Waals surface area contributed by atoms with Crippen molar-refractivity contribution in [2.75, 3.05) is 11.9 Å². The molecule has 1 aliphatic heterocycles. The summed E-state index contributed by atoms with van der Waals surface area (Å²) in [6, 6.07) is 4.37. The van der Waals surface area contributed by atoms with Crippen LogP contribution in [0.1, 0.15) is 104 Å². The van der Waals surface area contributed by atoms with Gasteiger partial charge in [0, 0.05) is 25.1 Å². The monoisotopic (exact) mass is 463 g/mol. The van der Waals surface area contributed by atoms with Gasteiger partial charge in [0.05, 0.1) is 11.6 Å². The average Bonchev–Trinajstić information content (AvgIpc) is 3.22. The number of nitrogens with one attached hydrogen (secondary N) is 1. The zero-order chi connectivity index (χ0) is 24.9. The molecule has 0 saturated carbocycles. The highest BCUT2D eigenvalue weighted by Crippen LogP contribution is 2.35. The van der Waals surface area contributed by atoms with Crippen LogP contribution in [0.3, 0.4) is 0 Å². The van der Waals surface area contributed by atoms with E-state index >= 15 is 0 Å². The van der Waals surface area contributed by atoms with Crippen molar-refractivity contribution in [1.82, 2.24) is 0 Å². The Labute approximate surface area is 201 Å². The van der Waals surface area contributed by atoms with Crippen LogP contribution in [0, 0.1) is 18.7 Å².